The van der Waals surface area contributed by atoms with Gasteiger partial charge in [0.25, 0.3) is 0 Å². The standard InChI is InChI=1S/C15H20FNO4/c1-20-13-6-3-9(7-11(13)16)15(19)12(8-14(18)21-2)17-10-4-5-10/h3,6-7,10,12,15,17,19H,4-5,8H2,1-2H3. The molecule has 0 spiro atoms. The Balaban J connectivity index is 2.13. The minimum absolute atomic E-state index is 0.0296. The fourth-order valence-electron chi connectivity index (χ4n) is 2.18. The monoisotopic (exact) mass is 297 g/mol. The number of nitrogens with one attached hydrogen (secondary N) is 1. The number of ether oxygens (including phenoxy) is 2. The van der Waals surface area contributed by atoms with E-state index in [0.717, 1.165) is 12.8 Å². The fraction of sp³-hybridized carbons (Fsp3) is 0.533. The Labute approximate surface area is 123 Å². The van der Waals surface area contributed by atoms with Crippen LogP contribution in [0, 0.1) is 5.82 Å². The first-order chi connectivity index (χ1) is 10.0. The highest BCUT2D eigenvalue weighted by Crippen LogP contribution is 2.28. The lowest BCUT2D eigenvalue weighted by Crippen LogP contribution is -2.38. The van der Waals surface area contributed by atoms with Gasteiger partial charge < -0.3 is 19.9 Å². The number of methoxy groups -OCH3 is 2. The first kappa shape index (κ1) is 15.7. The number of aliphatic hydroxyl groups is 1. The van der Waals surface area contributed by atoms with Crippen molar-refractivity contribution < 1.29 is 23.8 Å². The molecule has 0 radical (unpaired) electrons. The fourth-order valence-corrected chi connectivity index (χ4v) is 2.18. The summed E-state index contributed by atoms with van der Waals surface area (Å²) in [5.74, 6) is -0.843. The molecule has 116 valence electrons. The summed E-state index contributed by atoms with van der Waals surface area (Å²) >= 11 is 0. The number of carbonyl (C=O) groups excluding carboxylic acids is 1. The summed E-state index contributed by atoms with van der Waals surface area (Å²) in [5.41, 5.74) is 0.398. The molecule has 0 bridgehead atoms. The molecule has 1 aromatic rings. The Hall–Kier alpha value is -1.66. The third-order valence-electron chi connectivity index (χ3n) is 3.54. The predicted octanol–water partition coefficient (Wildman–Crippen LogP) is 1.55. The van der Waals surface area contributed by atoms with Gasteiger partial charge in [-0.25, -0.2) is 4.39 Å². The van der Waals surface area contributed by atoms with Gasteiger partial charge in [0.05, 0.1) is 26.7 Å². The minimum atomic E-state index is -0.995. The van der Waals surface area contributed by atoms with Crippen LogP contribution in [-0.2, 0) is 9.53 Å². The number of hydrogen-bond acceptors (Lipinski definition) is 5. The zero-order valence-electron chi connectivity index (χ0n) is 12.1. The average molecular weight is 297 g/mol. The van der Waals surface area contributed by atoms with Gasteiger partial charge >= 0.3 is 5.97 Å². The van der Waals surface area contributed by atoms with Crippen LogP contribution in [0.1, 0.15) is 30.9 Å². The minimum Gasteiger partial charge on any atom is -0.494 e. The highest BCUT2D eigenvalue weighted by molar-refractivity contribution is 5.70. The number of hydrogen-bond donors (Lipinski definition) is 2. The van der Waals surface area contributed by atoms with E-state index in [1.807, 2.05) is 0 Å². The SMILES string of the molecule is COC(=O)CC(NC1CC1)C(O)c1ccc(OC)c(F)c1. The molecule has 6 heteroatoms. The molecule has 2 N–H and O–H groups in total. The van der Waals surface area contributed by atoms with Gasteiger partial charge in [0.15, 0.2) is 11.6 Å². The Kier molecular flexibility index (Phi) is 5.14. The second-order valence-corrected chi connectivity index (χ2v) is 5.17. The second-order valence-electron chi connectivity index (χ2n) is 5.17. The highest BCUT2D eigenvalue weighted by atomic mass is 19.1. The molecule has 0 aromatic heterocycles. The number of aliphatic hydroxyl groups excluding tert-OH is 1. The van der Waals surface area contributed by atoms with Gasteiger partial charge in [0, 0.05) is 12.1 Å². The summed E-state index contributed by atoms with van der Waals surface area (Å²) in [5, 5.41) is 13.6. The number of esters is 1. The molecule has 0 saturated heterocycles. The van der Waals surface area contributed by atoms with Gasteiger partial charge in [-0.15, -0.1) is 0 Å². The van der Waals surface area contributed by atoms with Crippen molar-refractivity contribution in [2.24, 2.45) is 0 Å². The van der Waals surface area contributed by atoms with Crippen molar-refractivity contribution in [3.05, 3.63) is 29.6 Å². The Morgan fingerprint density at radius 2 is 2.19 bits per heavy atom. The van der Waals surface area contributed by atoms with E-state index in [2.05, 4.69) is 10.1 Å². The molecule has 1 aliphatic carbocycles. The molecule has 1 aromatic carbocycles. The molecule has 1 aliphatic rings. The van der Waals surface area contributed by atoms with E-state index in [1.165, 1.54) is 26.4 Å². The van der Waals surface area contributed by atoms with Crippen molar-refractivity contribution in [3.8, 4) is 5.75 Å². The molecule has 2 unspecified atom stereocenters. The second kappa shape index (κ2) is 6.87. The maximum atomic E-state index is 13.7. The molecule has 1 fully saturated rings. The zero-order valence-corrected chi connectivity index (χ0v) is 12.1. The molecular formula is C15H20FNO4. The zero-order chi connectivity index (χ0) is 15.4. The van der Waals surface area contributed by atoms with Crippen LogP contribution in [0.2, 0.25) is 0 Å². The van der Waals surface area contributed by atoms with Gasteiger partial charge in [-0.2, -0.15) is 0 Å². The summed E-state index contributed by atoms with van der Waals surface area (Å²) in [6.07, 6.45) is 1.06. The molecule has 0 amide bonds. The molecule has 2 rings (SSSR count). The van der Waals surface area contributed by atoms with Crippen molar-refractivity contribution in [1.82, 2.24) is 5.32 Å². The van der Waals surface area contributed by atoms with Crippen LogP contribution in [0.4, 0.5) is 4.39 Å². The van der Waals surface area contributed by atoms with Crippen LogP contribution in [0.3, 0.4) is 0 Å². The molecular weight excluding hydrogens is 277 g/mol. The lowest BCUT2D eigenvalue weighted by atomic mass is 9.99. The summed E-state index contributed by atoms with van der Waals surface area (Å²) in [4.78, 5) is 11.5. The smallest absolute Gasteiger partial charge is 0.307 e. The number of carbonyl (C=O) groups is 1. The third kappa shape index (κ3) is 4.15. The first-order valence-electron chi connectivity index (χ1n) is 6.89. The summed E-state index contributed by atoms with van der Waals surface area (Å²) in [6.45, 7) is 0. The predicted molar refractivity (Wildman–Crippen MR) is 74.5 cm³/mol. The highest BCUT2D eigenvalue weighted by Gasteiger charge is 2.31. The molecule has 0 aliphatic heterocycles. The number of halogens is 1. The third-order valence-corrected chi connectivity index (χ3v) is 3.54. The maximum absolute atomic E-state index is 13.7. The summed E-state index contributed by atoms with van der Waals surface area (Å²) in [6, 6.07) is 4.07. The van der Waals surface area contributed by atoms with Crippen molar-refractivity contribution >= 4 is 5.97 Å². The Morgan fingerprint density at radius 3 is 2.71 bits per heavy atom. The van der Waals surface area contributed by atoms with Crippen molar-refractivity contribution in [2.75, 3.05) is 14.2 Å². The number of benzene rings is 1. The van der Waals surface area contributed by atoms with Crippen LogP contribution in [-0.4, -0.2) is 37.4 Å². The number of rotatable bonds is 7. The first-order valence-corrected chi connectivity index (χ1v) is 6.89. The van der Waals surface area contributed by atoms with Crippen LogP contribution in [0.15, 0.2) is 18.2 Å². The van der Waals surface area contributed by atoms with E-state index >= 15 is 0 Å². The van der Waals surface area contributed by atoms with E-state index < -0.39 is 23.9 Å². The Bertz CT molecular complexity index is 504. The lowest BCUT2D eigenvalue weighted by molar-refractivity contribution is -0.142. The van der Waals surface area contributed by atoms with Gasteiger partial charge in [-0.05, 0) is 30.5 Å². The van der Waals surface area contributed by atoms with Gasteiger partial charge in [-0.1, -0.05) is 6.07 Å². The quantitative estimate of drug-likeness (QED) is 0.747. The summed E-state index contributed by atoms with van der Waals surface area (Å²) < 4.78 is 23.2. The van der Waals surface area contributed by atoms with E-state index in [1.54, 1.807) is 6.07 Å². The maximum Gasteiger partial charge on any atom is 0.307 e. The molecule has 1 saturated carbocycles. The molecule has 0 heterocycles. The van der Waals surface area contributed by atoms with Gasteiger partial charge in [-0.3, -0.25) is 4.79 Å². The topological polar surface area (TPSA) is 67.8 Å². The van der Waals surface area contributed by atoms with Crippen LogP contribution in [0.25, 0.3) is 0 Å². The average Bonchev–Trinajstić information content (AvgIpc) is 3.29. The van der Waals surface area contributed by atoms with Gasteiger partial charge in [0.1, 0.15) is 0 Å². The normalized spacial score (nSPS) is 17.1. The largest absolute Gasteiger partial charge is 0.494 e. The van der Waals surface area contributed by atoms with Crippen LogP contribution in [0.5, 0.6) is 5.75 Å². The van der Waals surface area contributed by atoms with E-state index in [4.69, 9.17) is 4.74 Å². The molecule has 2 atom stereocenters. The van der Waals surface area contributed by atoms with E-state index in [0.29, 0.717) is 11.6 Å². The van der Waals surface area contributed by atoms with Crippen molar-refractivity contribution in [2.45, 2.75) is 37.5 Å². The van der Waals surface area contributed by atoms with Crippen LogP contribution < -0.4 is 10.1 Å². The Morgan fingerprint density at radius 1 is 1.48 bits per heavy atom. The molecule has 21 heavy (non-hydrogen) atoms. The van der Waals surface area contributed by atoms with Gasteiger partial charge in [0.2, 0.25) is 0 Å². The lowest BCUT2D eigenvalue weighted by Gasteiger charge is -2.24. The van der Waals surface area contributed by atoms with Crippen molar-refractivity contribution in [1.29, 1.82) is 0 Å². The van der Waals surface area contributed by atoms with E-state index in [9.17, 15) is 14.3 Å². The summed E-state index contributed by atoms with van der Waals surface area (Å²) in [7, 11) is 2.68. The van der Waals surface area contributed by atoms with Crippen LogP contribution >= 0.6 is 0 Å². The van der Waals surface area contributed by atoms with E-state index in [-0.39, 0.29) is 12.2 Å². The molecule has 5 nitrogen and oxygen atoms in total. The van der Waals surface area contributed by atoms with Crippen molar-refractivity contribution in [3.63, 3.8) is 0 Å².